The first-order valence-electron chi connectivity index (χ1n) is 10.9. The highest BCUT2D eigenvalue weighted by Crippen LogP contribution is 2.37. The number of fused-ring (bicyclic) bond motifs is 1. The van der Waals surface area contributed by atoms with Gasteiger partial charge >= 0.3 is 5.97 Å². The Bertz CT molecular complexity index is 596. The number of hydrogen-bond donors (Lipinski definition) is 0. The molecule has 2 saturated heterocycles. The van der Waals surface area contributed by atoms with E-state index in [1.807, 2.05) is 12.1 Å². The van der Waals surface area contributed by atoms with Crippen LogP contribution in [0, 0.1) is 5.92 Å². The van der Waals surface area contributed by atoms with Crippen molar-refractivity contribution in [3.05, 3.63) is 29.8 Å². The summed E-state index contributed by atoms with van der Waals surface area (Å²) in [6, 6.07) is 8.10. The van der Waals surface area contributed by atoms with E-state index in [0.717, 1.165) is 37.7 Å². The smallest absolute Gasteiger partial charge is 0.338 e. The molecule has 3 atom stereocenters. The summed E-state index contributed by atoms with van der Waals surface area (Å²) in [5.41, 5.74) is 0.611. The fourth-order valence-electron chi connectivity index (χ4n) is 4.98. The van der Waals surface area contributed by atoms with E-state index in [2.05, 4.69) is 14.0 Å². The van der Waals surface area contributed by atoms with Gasteiger partial charge in [0.15, 0.2) is 0 Å². The fourth-order valence-corrected chi connectivity index (χ4v) is 4.98. The second-order valence-corrected chi connectivity index (χ2v) is 8.54. The molecule has 2 fully saturated rings. The summed E-state index contributed by atoms with van der Waals surface area (Å²) in [4.78, 5) is 12.3. The zero-order valence-corrected chi connectivity index (χ0v) is 17.1. The molecule has 1 aromatic rings. The average molecular weight is 375 g/mol. The molecule has 0 aliphatic carbocycles. The molecule has 0 radical (unpaired) electrons. The van der Waals surface area contributed by atoms with Crippen molar-refractivity contribution in [2.75, 3.05) is 33.4 Å². The molecule has 0 bridgehead atoms. The molecule has 0 saturated carbocycles. The molecule has 4 nitrogen and oxygen atoms in total. The van der Waals surface area contributed by atoms with Crippen molar-refractivity contribution in [1.82, 2.24) is 0 Å². The number of esters is 1. The molecular weight excluding hydrogens is 338 g/mol. The van der Waals surface area contributed by atoms with E-state index >= 15 is 0 Å². The lowest BCUT2D eigenvalue weighted by Crippen LogP contribution is -2.60. The monoisotopic (exact) mass is 374 g/mol. The maximum Gasteiger partial charge on any atom is 0.338 e. The Hall–Kier alpha value is -1.55. The van der Waals surface area contributed by atoms with Crippen LogP contribution in [0.2, 0.25) is 0 Å². The van der Waals surface area contributed by atoms with Gasteiger partial charge in [-0.15, -0.1) is 0 Å². The number of carbonyl (C=O) groups excluding carboxylic acids is 1. The van der Waals surface area contributed by atoms with Gasteiger partial charge in [0.2, 0.25) is 0 Å². The van der Waals surface area contributed by atoms with Gasteiger partial charge in [-0.1, -0.05) is 13.3 Å². The molecule has 4 heteroatoms. The van der Waals surface area contributed by atoms with Gasteiger partial charge in [0.1, 0.15) is 5.75 Å². The van der Waals surface area contributed by atoms with Gasteiger partial charge in [-0.2, -0.15) is 0 Å². The fraction of sp³-hybridized carbons (Fsp3) is 0.696. The minimum atomic E-state index is -0.216. The van der Waals surface area contributed by atoms with Gasteiger partial charge < -0.3 is 14.0 Å². The molecular formula is C23H36NO3+. The predicted molar refractivity (Wildman–Crippen MR) is 108 cm³/mol. The van der Waals surface area contributed by atoms with E-state index in [1.54, 1.807) is 12.1 Å². The van der Waals surface area contributed by atoms with E-state index in [4.69, 9.17) is 9.47 Å². The summed E-state index contributed by atoms with van der Waals surface area (Å²) in [5, 5.41) is 0. The molecule has 150 valence electrons. The summed E-state index contributed by atoms with van der Waals surface area (Å²) < 4.78 is 12.5. The Kier molecular flexibility index (Phi) is 7.17. The van der Waals surface area contributed by atoms with E-state index in [1.165, 1.54) is 49.7 Å². The highest BCUT2D eigenvalue weighted by molar-refractivity contribution is 5.89. The van der Waals surface area contributed by atoms with Gasteiger partial charge in [0.05, 0.1) is 45.0 Å². The maximum atomic E-state index is 12.3. The lowest BCUT2D eigenvalue weighted by atomic mass is 9.80. The van der Waals surface area contributed by atoms with E-state index in [-0.39, 0.29) is 5.97 Å². The molecule has 0 aromatic heterocycles. The molecule has 0 spiro atoms. The SMILES string of the molecule is CCCCOc1ccc(C(=O)OCCC2CCC[N+]3(C)CCCCC23)cc1. The first-order chi connectivity index (χ1) is 13.1. The number of ether oxygens (including phenoxy) is 2. The number of quaternary nitrogens is 1. The molecule has 2 heterocycles. The topological polar surface area (TPSA) is 35.5 Å². The molecule has 3 unspecified atom stereocenters. The van der Waals surface area contributed by atoms with Crippen molar-refractivity contribution < 1.29 is 18.8 Å². The van der Waals surface area contributed by atoms with Crippen molar-refractivity contribution in [3.8, 4) is 5.75 Å². The average Bonchev–Trinajstić information content (AvgIpc) is 2.68. The van der Waals surface area contributed by atoms with Crippen LogP contribution in [0.1, 0.15) is 68.6 Å². The van der Waals surface area contributed by atoms with Gasteiger partial charge in [-0.25, -0.2) is 4.79 Å². The normalized spacial score (nSPS) is 27.6. The van der Waals surface area contributed by atoms with Crippen molar-refractivity contribution in [3.63, 3.8) is 0 Å². The number of carbonyl (C=O) groups is 1. The number of benzene rings is 1. The van der Waals surface area contributed by atoms with Crippen LogP contribution >= 0.6 is 0 Å². The Morgan fingerprint density at radius 3 is 2.63 bits per heavy atom. The highest BCUT2D eigenvalue weighted by Gasteiger charge is 2.43. The lowest BCUT2D eigenvalue weighted by molar-refractivity contribution is -0.947. The molecule has 2 aliphatic rings. The second-order valence-electron chi connectivity index (χ2n) is 8.54. The number of rotatable bonds is 8. The first-order valence-corrected chi connectivity index (χ1v) is 10.9. The predicted octanol–water partition coefficient (Wildman–Crippen LogP) is 4.82. The van der Waals surface area contributed by atoms with Crippen LogP contribution in [0.25, 0.3) is 0 Å². The summed E-state index contributed by atoms with van der Waals surface area (Å²) in [6.45, 7) is 6.06. The van der Waals surface area contributed by atoms with Crippen LogP contribution in [0.5, 0.6) is 5.75 Å². The summed E-state index contributed by atoms with van der Waals surface area (Å²) in [6.07, 6.45) is 9.84. The van der Waals surface area contributed by atoms with Crippen molar-refractivity contribution in [1.29, 1.82) is 0 Å². The standard InChI is InChI=1S/C23H36NO3/c1-3-4-17-26-21-12-10-20(11-13-21)23(25)27-18-14-19-8-7-16-24(2)15-6-5-9-22(19)24/h10-13,19,22H,3-9,14-18H2,1-2H3/q+1. The van der Waals surface area contributed by atoms with E-state index in [9.17, 15) is 4.79 Å². The number of hydrogen-bond acceptors (Lipinski definition) is 3. The van der Waals surface area contributed by atoms with Gasteiger partial charge in [-0.3, -0.25) is 0 Å². The number of nitrogens with zero attached hydrogens (tertiary/aromatic N) is 1. The molecule has 1 aromatic carbocycles. The Morgan fingerprint density at radius 1 is 1.07 bits per heavy atom. The number of unbranched alkanes of at least 4 members (excludes halogenated alkanes) is 1. The Labute approximate surface area is 164 Å². The van der Waals surface area contributed by atoms with Gasteiger partial charge in [0.25, 0.3) is 0 Å². The third-order valence-electron chi connectivity index (χ3n) is 6.59. The summed E-state index contributed by atoms with van der Waals surface area (Å²) in [5.74, 6) is 1.30. The molecule has 0 amide bonds. The second kappa shape index (κ2) is 9.59. The van der Waals surface area contributed by atoms with Crippen LogP contribution in [0.3, 0.4) is 0 Å². The third kappa shape index (κ3) is 5.25. The van der Waals surface area contributed by atoms with Crippen LogP contribution in [-0.4, -0.2) is 49.8 Å². The van der Waals surface area contributed by atoms with Gasteiger partial charge in [-0.05, 0) is 69.2 Å². The summed E-state index contributed by atoms with van der Waals surface area (Å²) >= 11 is 0. The quantitative estimate of drug-likeness (QED) is 0.372. The maximum absolute atomic E-state index is 12.3. The molecule has 3 rings (SSSR count). The minimum Gasteiger partial charge on any atom is -0.494 e. The lowest BCUT2D eigenvalue weighted by Gasteiger charge is -2.51. The van der Waals surface area contributed by atoms with Crippen molar-refractivity contribution in [2.24, 2.45) is 5.92 Å². The van der Waals surface area contributed by atoms with Crippen LogP contribution in [0.15, 0.2) is 24.3 Å². The largest absolute Gasteiger partial charge is 0.494 e. The Balaban J connectivity index is 1.45. The molecule has 27 heavy (non-hydrogen) atoms. The highest BCUT2D eigenvalue weighted by atomic mass is 16.5. The minimum absolute atomic E-state index is 0.216. The van der Waals surface area contributed by atoms with Crippen molar-refractivity contribution in [2.45, 2.75) is 64.3 Å². The Morgan fingerprint density at radius 2 is 1.85 bits per heavy atom. The van der Waals surface area contributed by atoms with Crippen molar-refractivity contribution >= 4 is 5.97 Å². The summed E-state index contributed by atoms with van der Waals surface area (Å²) in [7, 11) is 2.44. The van der Waals surface area contributed by atoms with Crippen LogP contribution in [0.4, 0.5) is 0 Å². The van der Waals surface area contributed by atoms with E-state index in [0.29, 0.717) is 18.1 Å². The van der Waals surface area contributed by atoms with E-state index < -0.39 is 0 Å². The molecule has 0 N–H and O–H groups in total. The van der Waals surface area contributed by atoms with Crippen LogP contribution in [-0.2, 0) is 4.74 Å². The number of piperidine rings is 2. The van der Waals surface area contributed by atoms with Gasteiger partial charge in [0, 0.05) is 5.92 Å². The molecule has 2 aliphatic heterocycles. The zero-order chi connectivity index (χ0) is 19.1. The van der Waals surface area contributed by atoms with Crippen LogP contribution < -0.4 is 4.74 Å². The first kappa shape index (κ1) is 20.2. The third-order valence-corrected chi connectivity index (χ3v) is 6.59. The zero-order valence-electron chi connectivity index (χ0n) is 17.1.